The molecule has 0 aliphatic carbocycles. The van der Waals surface area contributed by atoms with Crippen LogP contribution in [0.2, 0.25) is 0 Å². The molecule has 0 aromatic carbocycles. The molecule has 0 saturated heterocycles. The lowest BCUT2D eigenvalue weighted by atomic mass is 10.3. The summed E-state index contributed by atoms with van der Waals surface area (Å²) in [5.74, 6) is 9.47. The van der Waals surface area contributed by atoms with E-state index < -0.39 is 10.4 Å². The van der Waals surface area contributed by atoms with E-state index >= 15 is 0 Å². The zero-order chi connectivity index (χ0) is 15.6. The van der Waals surface area contributed by atoms with Crippen molar-refractivity contribution in [1.82, 2.24) is 0 Å². The predicted molar refractivity (Wildman–Crippen MR) is 73.3 cm³/mol. The molecule has 0 unspecified atom stereocenters. The highest BCUT2D eigenvalue weighted by molar-refractivity contribution is 7.79. The zero-order valence-electron chi connectivity index (χ0n) is 10.9. The fraction of sp³-hybridized carbons (Fsp3) is 0.600. The largest absolute Gasteiger partial charge is 0.394 e. The summed E-state index contributed by atoms with van der Waals surface area (Å²) in [5.41, 5.74) is 0. The summed E-state index contributed by atoms with van der Waals surface area (Å²) in [5, 5.41) is 0. The number of unbranched alkanes of at least 4 members (excludes halogenated alkanes) is 2. The third-order valence-corrected chi connectivity index (χ3v) is 1.34. The highest BCUT2D eigenvalue weighted by Crippen LogP contribution is 1.86. The quantitative estimate of drug-likeness (QED) is 0.225. The second-order valence-corrected chi connectivity index (χ2v) is 3.95. The number of rotatable bonds is 8. The lowest BCUT2D eigenvalue weighted by Gasteiger charge is -1.89. The Morgan fingerprint density at radius 2 is 1.21 bits per heavy atom. The van der Waals surface area contributed by atoms with Gasteiger partial charge in [0.1, 0.15) is 0 Å². The van der Waals surface area contributed by atoms with Gasteiger partial charge in [0, 0.05) is 0 Å². The van der Waals surface area contributed by atoms with Crippen LogP contribution in [0.4, 0.5) is 0 Å². The minimum atomic E-state index is -4.67. The molecular weight excluding hydrogens is 276 g/mol. The van der Waals surface area contributed by atoms with Crippen molar-refractivity contribution < 1.29 is 27.2 Å². The van der Waals surface area contributed by atoms with Crippen molar-refractivity contribution in [3.05, 3.63) is 25.3 Å². The van der Waals surface area contributed by atoms with Gasteiger partial charge in [0.2, 0.25) is 0 Å². The number of nitrogens with two attached hydrogens (primary N) is 2. The molecule has 0 aliphatic heterocycles. The van der Waals surface area contributed by atoms with E-state index in [0.29, 0.717) is 13.2 Å². The van der Waals surface area contributed by atoms with Gasteiger partial charge in [-0.2, -0.15) is 8.42 Å². The van der Waals surface area contributed by atoms with E-state index in [1.807, 2.05) is 12.2 Å². The molecular formula is C10H24N2O6S. The topological polar surface area (TPSA) is 145 Å². The molecule has 8 nitrogen and oxygen atoms in total. The van der Waals surface area contributed by atoms with E-state index in [-0.39, 0.29) is 0 Å². The van der Waals surface area contributed by atoms with E-state index in [1.54, 1.807) is 0 Å². The van der Waals surface area contributed by atoms with Gasteiger partial charge in [0.05, 0.1) is 13.2 Å². The smallest absolute Gasteiger partial charge is 0.305 e. The van der Waals surface area contributed by atoms with Crippen LogP contribution in [0.5, 0.6) is 0 Å². The maximum absolute atomic E-state index is 8.74. The number of hydrogen-bond donors (Lipinski definition) is 4. The van der Waals surface area contributed by atoms with Crippen LogP contribution in [0.25, 0.3) is 0 Å². The molecule has 0 atom stereocenters. The van der Waals surface area contributed by atoms with E-state index in [4.69, 9.17) is 29.3 Å². The summed E-state index contributed by atoms with van der Waals surface area (Å²) >= 11 is 0. The molecule has 0 saturated carbocycles. The van der Waals surface area contributed by atoms with Gasteiger partial charge in [0.25, 0.3) is 0 Å². The fourth-order valence-corrected chi connectivity index (χ4v) is 0.622. The van der Waals surface area contributed by atoms with Gasteiger partial charge in [-0.25, -0.2) is 11.8 Å². The molecule has 0 spiro atoms. The first kappa shape index (κ1) is 23.3. The van der Waals surface area contributed by atoms with Crippen LogP contribution in [0.3, 0.4) is 0 Å². The van der Waals surface area contributed by atoms with Crippen molar-refractivity contribution in [2.75, 3.05) is 13.2 Å². The molecule has 19 heavy (non-hydrogen) atoms. The van der Waals surface area contributed by atoms with Crippen LogP contribution in [0, 0.1) is 0 Å². The van der Waals surface area contributed by atoms with Crippen molar-refractivity contribution in [2.45, 2.75) is 25.7 Å². The number of allylic oxidation sites excluding steroid dienone is 2. The maximum Gasteiger partial charge on any atom is 0.394 e. The maximum atomic E-state index is 8.74. The van der Waals surface area contributed by atoms with Gasteiger partial charge in [0.15, 0.2) is 0 Å². The lowest BCUT2D eigenvalue weighted by molar-refractivity contribution is 0.136. The molecule has 0 rings (SSSR count). The highest BCUT2D eigenvalue weighted by atomic mass is 32.3. The molecule has 0 radical (unpaired) electrons. The van der Waals surface area contributed by atoms with Crippen molar-refractivity contribution >= 4 is 10.4 Å². The SMILES string of the molecule is C=CCCCON.C=CCCCON.O=S(=O)(O)O. The summed E-state index contributed by atoms with van der Waals surface area (Å²) in [7, 11) is -4.67. The molecule has 116 valence electrons. The third-order valence-electron chi connectivity index (χ3n) is 1.34. The second kappa shape index (κ2) is 19.5. The van der Waals surface area contributed by atoms with Crippen LogP contribution in [-0.2, 0) is 20.1 Å². The molecule has 0 bridgehead atoms. The molecule has 0 aromatic rings. The van der Waals surface area contributed by atoms with Gasteiger partial charge < -0.3 is 9.68 Å². The summed E-state index contributed by atoms with van der Waals surface area (Å²) in [6.45, 7) is 8.33. The summed E-state index contributed by atoms with van der Waals surface area (Å²) in [4.78, 5) is 8.59. The van der Waals surface area contributed by atoms with Gasteiger partial charge in [-0.3, -0.25) is 9.11 Å². The third kappa shape index (κ3) is 76.7. The Bertz CT molecular complexity index is 260. The average molecular weight is 300 g/mol. The molecule has 0 aliphatic rings. The van der Waals surface area contributed by atoms with Crippen LogP contribution < -0.4 is 11.8 Å². The normalized spacial score (nSPS) is 9.47. The standard InChI is InChI=1S/2C5H11NO.H2O4S/c2*1-2-3-4-5-7-6;1-5(2,3)4/h2*2H,1,3-6H2;(H2,1,2,3,4). The van der Waals surface area contributed by atoms with E-state index in [2.05, 4.69) is 22.8 Å². The molecule has 0 amide bonds. The molecule has 6 N–H and O–H groups in total. The Kier molecular flexibility index (Phi) is 23.9. The summed E-state index contributed by atoms with van der Waals surface area (Å²) in [6, 6.07) is 0. The Hall–Kier alpha value is -0.810. The Labute approximate surface area is 114 Å². The van der Waals surface area contributed by atoms with Crippen molar-refractivity contribution in [3.8, 4) is 0 Å². The highest BCUT2D eigenvalue weighted by Gasteiger charge is 1.84. The van der Waals surface area contributed by atoms with Crippen LogP contribution in [0.15, 0.2) is 25.3 Å². The first-order chi connectivity index (χ1) is 8.83. The van der Waals surface area contributed by atoms with E-state index in [0.717, 1.165) is 25.7 Å². The summed E-state index contributed by atoms with van der Waals surface area (Å²) in [6.07, 6.45) is 7.60. The van der Waals surface area contributed by atoms with Crippen molar-refractivity contribution in [2.24, 2.45) is 11.8 Å². The van der Waals surface area contributed by atoms with Crippen molar-refractivity contribution in [1.29, 1.82) is 0 Å². The lowest BCUT2D eigenvalue weighted by Crippen LogP contribution is -1.99. The first-order valence-corrected chi connectivity index (χ1v) is 6.78. The van der Waals surface area contributed by atoms with Gasteiger partial charge in [-0.15, -0.1) is 13.2 Å². The first-order valence-electron chi connectivity index (χ1n) is 5.38. The minimum absolute atomic E-state index is 0.631. The van der Waals surface area contributed by atoms with E-state index in [9.17, 15) is 0 Å². The van der Waals surface area contributed by atoms with Crippen LogP contribution in [0.1, 0.15) is 25.7 Å². The predicted octanol–water partition coefficient (Wildman–Crippen LogP) is 1.03. The van der Waals surface area contributed by atoms with Gasteiger partial charge in [-0.05, 0) is 25.7 Å². The van der Waals surface area contributed by atoms with Crippen LogP contribution in [-0.4, -0.2) is 30.7 Å². The molecule has 0 aromatic heterocycles. The van der Waals surface area contributed by atoms with Gasteiger partial charge in [-0.1, -0.05) is 12.2 Å². The molecule has 9 heteroatoms. The Balaban J connectivity index is -0.000000206. The summed E-state index contributed by atoms with van der Waals surface area (Å²) < 4.78 is 31.6. The zero-order valence-corrected chi connectivity index (χ0v) is 11.7. The van der Waals surface area contributed by atoms with E-state index in [1.165, 1.54) is 0 Å². The minimum Gasteiger partial charge on any atom is -0.305 e. The fourth-order valence-electron chi connectivity index (χ4n) is 0.622. The molecule has 0 heterocycles. The monoisotopic (exact) mass is 300 g/mol. The van der Waals surface area contributed by atoms with Crippen LogP contribution >= 0.6 is 0 Å². The second-order valence-electron chi connectivity index (χ2n) is 3.05. The van der Waals surface area contributed by atoms with Crippen molar-refractivity contribution in [3.63, 3.8) is 0 Å². The Morgan fingerprint density at radius 3 is 1.37 bits per heavy atom. The van der Waals surface area contributed by atoms with Gasteiger partial charge >= 0.3 is 10.4 Å². The molecule has 0 fully saturated rings. The number of hydrogen-bond acceptors (Lipinski definition) is 6. The Morgan fingerprint density at radius 1 is 0.947 bits per heavy atom. The average Bonchev–Trinajstić information content (AvgIpc) is 2.29.